The van der Waals surface area contributed by atoms with Gasteiger partial charge in [-0.15, -0.1) is 0 Å². The van der Waals surface area contributed by atoms with Gasteiger partial charge in [0.2, 0.25) is 0 Å². The predicted octanol–water partition coefficient (Wildman–Crippen LogP) is 16.4. The van der Waals surface area contributed by atoms with Crippen molar-refractivity contribution in [3.63, 3.8) is 0 Å². The van der Waals surface area contributed by atoms with Crippen LogP contribution in [0.2, 0.25) is 0 Å². The van der Waals surface area contributed by atoms with E-state index in [1.807, 2.05) is 0 Å². The summed E-state index contributed by atoms with van der Waals surface area (Å²) in [5.41, 5.74) is 20.5. The van der Waals surface area contributed by atoms with Crippen LogP contribution >= 0.6 is 0 Å². The van der Waals surface area contributed by atoms with Crippen LogP contribution in [-0.2, 0) is 10.8 Å². The lowest BCUT2D eigenvalue weighted by Crippen LogP contribution is -2.19. The first-order chi connectivity index (χ1) is 31.3. The summed E-state index contributed by atoms with van der Waals surface area (Å²) in [5, 5.41) is 10.4. The van der Waals surface area contributed by atoms with Crippen molar-refractivity contribution >= 4 is 54.1 Å². The van der Waals surface area contributed by atoms with Crippen molar-refractivity contribution in [3.05, 3.63) is 217 Å². The number of rotatable bonds is 4. The molecule has 2 heteroatoms. The van der Waals surface area contributed by atoms with E-state index >= 15 is 0 Å². The highest BCUT2D eigenvalue weighted by Gasteiger charge is 2.42. The number of hydrogen-bond acceptors (Lipinski definition) is 0. The van der Waals surface area contributed by atoms with Crippen molar-refractivity contribution in [2.24, 2.45) is 0 Å². The van der Waals surface area contributed by atoms with Crippen molar-refractivity contribution < 1.29 is 0 Å². The largest absolute Gasteiger partial charge is 0.312 e. The third-order valence-corrected chi connectivity index (χ3v) is 15.1. The smallest absolute Gasteiger partial charge is 0.0538 e. The SMILES string of the molecule is CC1(C)c2ccc(-c3cc4ccc5cc(-c6ccc7c(c6)c6c(n7-c7ccccc7)C(C)(C)c7ccccc7-6)cc6ccc(c3)c4c56)cc2-c2c1n(-c1ccccc1)c1ccccc21. The third-order valence-electron chi connectivity index (χ3n) is 15.1. The molecule has 12 aromatic rings. The lowest BCUT2D eigenvalue weighted by molar-refractivity contribution is 0.623. The van der Waals surface area contributed by atoms with Gasteiger partial charge in [-0.2, -0.15) is 0 Å². The molecule has 0 fully saturated rings. The Morgan fingerprint density at radius 2 is 0.781 bits per heavy atom. The number of hydrogen-bond donors (Lipinski definition) is 0. The van der Waals surface area contributed by atoms with Gasteiger partial charge in [0.1, 0.15) is 0 Å². The van der Waals surface area contributed by atoms with Gasteiger partial charge in [-0.3, -0.25) is 0 Å². The first kappa shape index (κ1) is 35.9. The standard InChI is InChI=1S/C62H44N2/c1-61(2)51-21-13-11-19-47(51)57-50-36-38(28-30-54(50)64(59(57)61)46-17-9-6-10-18-46)44-33-41-25-23-39-31-43(32-40-24-26-42(34-44)56(41)55(39)40)37-27-29-52-49(35-37)58-48-20-12-14-22-53(48)63(60(58)62(52,3)4)45-15-7-5-8-16-45/h5-36H,1-4H3. The Balaban J connectivity index is 0.900. The molecule has 0 aliphatic heterocycles. The summed E-state index contributed by atoms with van der Waals surface area (Å²) in [6.45, 7) is 9.54. The molecule has 0 atom stereocenters. The molecule has 2 aromatic heterocycles. The molecule has 0 spiro atoms. The minimum absolute atomic E-state index is 0.136. The van der Waals surface area contributed by atoms with E-state index in [4.69, 9.17) is 0 Å². The van der Waals surface area contributed by atoms with Crippen molar-refractivity contribution in [1.29, 1.82) is 0 Å². The van der Waals surface area contributed by atoms with E-state index in [1.54, 1.807) is 0 Å². The van der Waals surface area contributed by atoms with E-state index in [9.17, 15) is 0 Å². The quantitative estimate of drug-likeness (QED) is 0.157. The minimum Gasteiger partial charge on any atom is -0.312 e. The molecule has 10 aromatic carbocycles. The summed E-state index contributed by atoms with van der Waals surface area (Å²) in [6, 6.07) is 73.0. The molecule has 2 heterocycles. The molecule has 2 aliphatic rings. The molecule has 0 saturated heterocycles. The van der Waals surface area contributed by atoms with Crippen molar-refractivity contribution in [3.8, 4) is 55.9 Å². The summed E-state index contributed by atoms with van der Waals surface area (Å²) in [7, 11) is 0. The van der Waals surface area contributed by atoms with E-state index in [-0.39, 0.29) is 10.8 Å². The molecular weight excluding hydrogens is 773 g/mol. The Kier molecular flexibility index (Phi) is 7.00. The number of aromatic nitrogens is 2. The normalized spacial score (nSPS) is 14.5. The average Bonchev–Trinajstić information content (AvgIpc) is 4.01. The Morgan fingerprint density at radius 3 is 1.38 bits per heavy atom. The Morgan fingerprint density at radius 1 is 0.328 bits per heavy atom. The van der Waals surface area contributed by atoms with Crippen molar-refractivity contribution in [1.82, 2.24) is 9.13 Å². The van der Waals surface area contributed by atoms with E-state index in [0.29, 0.717) is 0 Å². The lowest BCUT2D eigenvalue weighted by Gasteiger charge is -2.25. The Hall–Kier alpha value is -7.68. The molecule has 0 unspecified atom stereocenters. The van der Waals surface area contributed by atoms with Crippen LogP contribution in [0.25, 0.3) is 110 Å². The third kappa shape index (κ3) is 4.65. The molecule has 0 bridgehead atoms. The van der Waals surface area contributed by atoms with Crippen LogP contribution in [-0.4, -0.2) is 9.13 Å². The zero-order chi connectivity index (χ0) is 42.6. The highest BCUT2D eigenvalue weighted by atomic mass is 15.0. The minimum atomic E-state index is -0.161. The van der Waals surface area contributed by atoms with Crippen LogP contribution in [0, 0.1) is 0 Å². The molecule has 2 aliphatic carbocycles. The molecule has 0 saturated carbocycles. The van der Waals surface area contributed by atoms with Crippen LogP contribution in [0.3, 0.4) is 0 Å². The van der Waals surface area contributed by atoms with Crippen molar-refractivity contribution in [2.45, 2.75) is 38.5 Å². The maximum absolute atomic E-state index is 2.51. The van der Waals surface area contributed by atoms with Gasteiger partial charge >= 0.3 is 0 Å². The fourth-order valence-electron chi connectivity index (χ4n) is 12.3. The van der Waals surface area contributed by atoms with E-state index in [0.717, 1.165) is 0 Å². The molecule has 0 radical (unpaired) electrons. The van der Waals surface area contributed by atoms with Crippen molar-refractivity contribution in [2.75, 3.05) is 0 Å². The maximum atomic E-state index is 2.51. The van der Waals surface area contributed by atoms with Gasteiger partial charge in [-0.1, -0.05) is 149 Å². The molecule has 302 valence electrons. The second-order valence-electron chi connectivity index (χ2n) is 19.3. The van der Waals surface area contributed by atoms with E-state index in [1.165, 1.54) is 133 Å². The molecule has 64 heavy (non-hydrogen) atoms. The summed E-state index contributed by atoms with van der Waals surface area (Å²) in [6.07, 6.45) is 0. The number of nitrogens with zero attached hydrogens (tertiary/aromatic N) is 2. The molecule has 0 N–H and O–H groups in total. The number of benzene rings is 10. The fraction of sp³-hybridized carbons (Fsp3) is 0.0968. The maximum Gasteiger partial charge on any atom is 0.0538 e. The molecule has 0 amide bonds. The van der Waals surface area contributed by atoms with E-state index in [2.05, 4.69) is 231 Å². The van der Waals surface area contributed by atoms with Gasteiger partial charge in [0, 0.05) is 55.5 Å². The average molecular weight is 817 g/mol. The molecule has 14 rings (SSSR count). The molecule has 2 nitrogen and oxygen atoms in total. The lowest BCUT2D eigenvalue weighted by atomic mass is 9.84. The predicted molar refractivity (Wildman–Crippen MR) is 270 cm³/mol. The van der Waals surface area contributed by atoms with Crippen LogP contribution in [0.5, 0.6) is 0 Å². The fourth-order valence-corrected chi connectivity index (χ4v) is 12.3. The van der Waals surface area contributed by atoms with Gasteiger partial charge in [0.25, 0.3) is 0 Å². The number of para-hydroxylation sites is 3. The first-order valence-electron chi connectivity index (χ1n) is 22.7. The summed E-state index contributed by atoms with van der Waals surface area (Å²) in [5.74, 6) is 0. The first-order valence-corrected chi connectivity index (χ1v) is 22.7. The summed E-state index contributed by atoms with van der Waals surface area (Å²) in [4.78, 5) is 0. The Bertz CT molecular complexity index is 3860. The Labute approximate surface area is 372 Å². The second-order valence-corrected chi connectivity index (χ2v) is 19.3. The molecular formula is C62H44N2. The van der Waals surface area contributed by atoms with Crippen LogP contribution in [0.15, 0.2) is 194 Å². The van der Waals surface area contributed by atoms with Gasteiger partial charge < -0.3 is 9.13 Å². The highest BCUT2D eigenvalue weighted by Crippen LogP contribution is 2.56. The van der Waals surface area contributed by atoms with Gasteiger partial charge in [0.05, 0.1) is 11.0 Å². The van der Waals surface area contributed by atoms with Crippen LogP contribution in [0.1, 0.15) is 50.2 Å². The number of fused-ring (bicyclic) bond motifs is 10. The summed E-state index contributed by atoms with van der Waals surface area (Å²) < 4.78 is 5.00. The zero-order valence-electron chi connectivity index (χ0n) is 36.4. The monoisotopic (exact) mass is 816 g/mol. The van der Waals surface area contributed by atoms with Gasteiger partial charge in [0.15, 0.2) is 0 Å². The van der Waals surface area contributed by atoms with Gasteiger partial charge in [-0.25, -0.2) is 0 Å². The summed E-state index contributed by atoms with van der Waals surface area (Å²) >= 11 is 0. The zero-order valence-corrected chi connectivity index (χ0v) is 36.4. The van der Waals surface area contributed by atoms with E-state index < -0.39 is 0 Å². The topological polar surface area (TPSA) is 9.86 Å². The highest BCUT2D eigenvalue weighted by molar-refractivity contribution is 6.24. The van der Waals surface area contributed by atoms with Gasteiger partial charge in [-0.05, 0) is 150 Å². The second kappa shape index (κ2) is 12.5. The van der Waals surface area contributed by atoms with Crippen LogP contribution in [0.4, 0.5) is 0 Å². The van der Waals surface area contributed by atoms with Crippen LogP contribution < -0.4 is 0 Å².